The number of carbonyl (C=O) groups excluding carboxylic acids is 2. The van der Waals surface area contributed by atoms with Crippen molar-refractivity contribution in [3.05, 3.63) is 99.4 Å². The van der Waals surface area contributed by atoms with Gasteiger partial charge in [-0.15, -0.1) is 0 Å². The zero-order valence-electron chi connectivity index (χ0n) is 39.4. The number of aryl methyl sites for hydroxylation is 4. The van der Waals surface area contributed by atoms with Crippen LogP contribution in [0.25, 0.3) is 33.4 Å². The maximum Gasteiger partial charge on any atom is 0.296 e. The molecule has 0 bridgehead atoms. The molecule has 6 rings (SSSR count). The molecule has 1 aliphatic heterocycles. The van der Waals surface area contributed by atoms with Crippen molar-refractivity contribution in [3.63, 3.8) is 0 Å². The summed E-state index contributed by atoms with van der Waals surface area (Å²) in [5, 5.41) is 8.67. The lowest BCUT2D eigenvalue weighted by atomic mass is 9.93. The van der Waals surface area contributed by atoms with E-state index in [0.29, 0.717) is 65.0 Å². The molecule has 0 aromatic heterocycles. The van der Waals surface area contributed by atoms with Crippen LogP contribution >= 0.6 is 0 Å². The number of carbonyl (C=O) groups is 2. The van der Waals surface area contributed by atoms with E-state index in [1.54, 1.807) is 39.8 Å². The Hall–Kier alpha value is -5.96. The first-order valence-corrected chi connectivity index (χ1v) is 26.3. The van der Waals surface area contributed by atoms with Crippen LogP contribution in [0.3, 0.4) is 0 Å². The third-order valence-corrected chi connectivity index (χ3v) is 15.2. The van der Waals surface area contributed by atoms with Crippen molar-refractivity contribution in [3.8, 4) is 22.5 Å². The van der Waals surface area contributed by atoms with Gasteiger partial charge < -0.3 is 20.4 Å². The Morgan fingerprint density at radius 3 is 1.62 bits per heavy atom. The first kappa shape index (κ1) is 51.4. The lowest BCUT2D eigenvalue weighted by Crippen LogP contribution is -2.23. The van der Waals surface area contributed by atoms with Gasteiger partial charge in [-0.1, -0.05) is 58.0 Å². The Morgan fingerprint density at radius 2 is 1.09 bits per heavy atom. The van der Waals surface area contributed by atoms with Crippen LogP contribution in [0.5, 0.6) is 0 Å². The van der Waals surface area contributed by atoms with E-state index in [2.05, 4.69) is 16.0 Å². The molecular weight excluding hydrogens is 933 g/mol. The standard InChI is InChI=1S/C49H56N4O12S3/c1-11-31(12-2)48(54)52-46-27(7)19-25(5)44(29(46)9)50-36-23-38-34(21-41(36)67(59,60)61)43(33-17-15-16-18-40(33)66(56,57)58)35-22-42(68(62,63)64)37(24-39(35)65-38)51-45-26(6)20-28(8)47(30(45)10)53-49(55)32(13-3)14-4/h15-24,31-32,50H,11-14H2,1-10H3,(H,52,54)(H,53,55)(H,56,57,58)(H,59,60,61)(H,62,63,64)/b51-37+. The summed E-state index contributed by atoms with van der Waals surface area (Å²) in [5.74, 6) is -1.05. The molecule has 0 unspecified atom stereocenters. The van der Waals surface area contributed by atoms with Gasteiger partial charge in [-0.05, 0) is 119 Å². The number of hydrogen-bond donors (Lipinski definition) is 6. The predicted molar refractivity (Wildman–Crippen MR) is 263 cm³/mol. The van der Waals surface area contributed by atoms with Crippen molar-refractivity contribution in [2.24, 2.45) is 16.8 Å². The van der Waals surface area contributed by atoms with Crippen molar-refractivity contribution in [1.29, 1.82) is 0 Å². The molecule has 0 saturated heterocycles. The average molecular weight is 989 g/mol. The zero-order valence-corrected chi connectivity index (χ0v) is 41.9. The molecule has 16 nitrogen and oxygen atoms in total. The second-order valence-corrected chi connectivity index (χ2v) is 21.2. The number of fused-ring (bicyclic) bond motifs is 2. The summed E-state index contributed by atoms with van der Waals surface area (Å²) in [4.78, 5) is 29.2. The highest BCUT2D eigenvalue weighted by Crippen LogP contribution is 2.46. The van der Waals surface area contributed by atoms with Crippen LogP contribution in [0.4, 0.5) is 28.4 Å². The van der Waals surface area contributed by atoms with E-state index in [9.17, 15) is 48.5 Å². The molecule has 2 amide bonds. The number of benzene rings is 5. The third-order valence-electron chi connectivity index (χ3n) is 12.5. The summed E-state index contributed by atoms with van der Waals surface area (Å²) < 4.78 is 118. The van der Waals surface area contributed by atoms with Gasteiger partial charge in [-0.3, -0.25) is 23.2 Å². The van der Waals surface area contributed by atoms with Gasteiger partial charge in [-0.25, -0.2) is 4.99 Å². The van der Waals surface area contributed by atoms with Crippen molar-refractivity contribution >= 4 is 81.6 Å². The Balaban J connectivity index is 1.73. The second kappa shape index (κ2) is 19.6. The van der Waals surface area contributed by atoms with Crippen molar-refractivity contribution in [1.82, 2.24) is 0 Å². The van der Waals surface area contributed by atoms with Gasteiger partial charge in [0.05, 0.1) is 16.7 Å². The highest BCUT2D eigenvalue weighted by atomic mass is 32.2. The molecule has 0 spiro atoms. The highest BCUT2D eigenvalue weighted by Gasteiger charge is 2.30. The molecule has 19 heteroatoms. The van der Waals surface area contributed by atoms with E-state index in [1.165, 1.54) is 30.3 Å². The minimum Gasteiger partial charge on any atom is -0.456 e. The van der Waals surface area contributed by atoms with Crippen LogP contribution in [0.1, 0.15) is 86.8 Å². The highest BCUT2D eigenvalue weighted by molar-refractivity contribution is 7.86. The molecule has 68 heavy (non-hydrogen) atoms. The van der Waals surface area contributed by atoms with E-state index in [0.717, 1.165) is 29.3 Å². The van der Waals surface area contributed by atoms with Crippen molar-refractivity contribution in [2.45, 2.75) is 110 Å². The normalized spacial score (nSPS) is 12.7. The Kier molecular flexibility index (Phi) is 14.8. The lowest BCUT2D eigenvalue weighted by Gasteiger charge is -2.23. The van der Waals surface area contributed by atoms with Gasteiger partial charge in [-0.2, -0.15) is 25.3 Å². The molecule has 0 atom stereocenters. The number of nitrogens with one attached hydrogen (secondary N) is 3. The summed E-state index contributed by atoms with van der Waals surface area (Å²) in [6.45, 7) is 18.2. The number of hydrogen-bond acceptors (Lipinski definition) is 11. The van der Waals surface area contributed by atoms with Crippen LogP contribution in [0.15, 0.2) is 84.8 Å². The summed E-state index contributed by atoms with van der Waals surface area (Å²) >= 11 is 0. The first-order chi connectivity index (χ1) is 31.7. The molecule has 4 aromatic rings. The van der Waals surface area contributed by atoms with E-state index >= 15 is 0 Å². The molecule has 0 saturated carbocycles. The van der Waals surface area contributed by atoms with E-state index in [-0.39, 0.29) is 73.8 Å². The zero-order chi connectivity index (χ0) is 50.4. The molecule has 1 heterocycles. The second-order valence-electron chi connectivity index (χ2n) is 17.0. The topological polar surface area (TPSA) is 259 Å². The molecule has 4 aromatic carbocycles. The maximum absolute atomic E-state index is 13.4. The largest absolute Gasteiger partial charge is 0.456 e. The minimum atomic E-state index is -5.17. The summed E-state index contributed by atoms with van der Waals surface area (Å²) in [6.07, 6.45) is 2.43. The number of rotatable bonds is 15. The maximum atomic E-state index is 13.4. The molecule has 1 aliphatic carbocycles. The fourth-order valence-corrected chi connectivity index (χ4v) is 10.8. The average Bonchev–Trinajstić information content (AvgIpc) is 3.25. The predicted octanol–water partition coefficient (Wildman–Crippen LogP) is 10.5. The lowest BCUT2D eigenvalue weighted by molar-refractivity contribution is -0.120. The van der Waals surface area contributed by atoms with Gasteiger partial charge in [0.25, 0.3) is 30.4 Å². The summed E-state index contributed by atoms with van der Waals surface area (Å²) in [6, 6.07) is 13.2. The van der Waals surface area contributed by atoms with E-state index in [1.807, 2.05) is 41.5 Å². The van der Waals surface area contributed by atoms with Crippen molar-refractivity contribution < 1.29 is 52.9 Å². The number of amides is 2. The van der Waals surface area contributed by atoms with Gasteiger partial charge in [0.2, 0.25) is 11.8 Å². The van der Waals surface area contributed by atoms with Crippen LogP contribution in [-0.2, 0) is 39.9 Å². The number of nitrogens with zero attached hydrogens (tertiary/aromatic N) is 1. The smallest absolute Gasteiger partial charge is 0.296 e. The van der Waals surface area contributed by atoms with Crippen molar-refractivity contribution in [2.75, 3.05) is 16.0 Å². The molecular formula is C49H56N4O12S3. The molecule has 0 fully saturated rings. The van der Waals surface area contributed by atoms with Gasteiger partial charge >= 0.3 is 0 Å². The van der Waals surface area contributed by atoms with Gasteiger partial charge in [0.1, 0.15) is 26.0 Å². The van der Waals surface area contributed by atoms with E-state index in [4.69, 9.17) is 9.41 Å². The fourth-order valence-electron chi connectivity index (χ4n) is 8.86. The Labute approximate surface area is 396 Å². The molecule has 362 valence electrons. The Morgan fingerprint density at radius 1 is 0.588 bits per heavy atom. The first-order valence-electron chi connectivity index (χ1n) is 22.0. The SMILES string of the molecule is CCC(CC)C(=O)Nc1c(C)cc(C)c(/N=c2\cc3oc4cc(Nc5c(C)cc(C)c(NC(=O)C(CC)CC)c5C)c(S(=O)(=O)O)cc4c(-c4ccccc4S(=O)(=O)O)c-3cc2S(=O)(=O)O)c1C. The quantitative estimate of drug-likeness (QED) is 0.0414. The minimum absolute atomic E-state index is 0.114. The van der Waals surface area contributed by atoms with Gasteiger partial charge in [0.15, 0.2) is 0 Å². The number of anilines is 4. The third kappa shape index (κ3) is 10.2. The van der Waals surface area contributed by atoms with Crippen LogP contribution in [0.2, 0.25) is 0 Å². The molecule has 2 aliphatic rings. The fraction of sp³-hybridized carbons (Fsp3) is 0.327. The van der Waals surface area contributed by atoms with Gasteiger partial charge in [0, 0.05) is 63.1 Å². The van der Waals surface area contributed by atoms with Crippen LogP contribution < -0.4 is 21.3 Å². The molecule has 6 N–H and O–H groups in total. The van der Waals surface area contributed by atoms with E-state index < -0.39 is 45.0 Å². The van der Waals surface area contributed by atoms with Crippen LogP contribution in [0, 0.1) is 53.4 Å². The Bertz CT molecular complexity index is 3410. The molecule has 0 radical (unpaired) electrons. The van der Waals surface area contributed by atoms with Crippen LogP contribution in [-0.4, -0.2) is 50.7 Å². The summed E-state index contributed by atoms with van der Waals surface area (Å²) in [5.41, 5.74) is 4.49. The summed E-state index contributed by atoms with van der Waals surface area (Å²) in [7, 11) is -15.3. The monoisotopic (exact) mass is 988 g/mol.